The van der Waals surface area contributed by atoms with Crippen LogP contribution in [-0.2, 0) is 6.54 Å². The Morgan fingerprint density at radius 3 is 2.20 bits per heavy atom. The predicted molar refractivity (Wildman–Crippen MR) is 89.1 cm³/mol. The van der Waals surface area contributed by atoms with Gasteiger partial charge in [-0.3, -0.25) is 19.3 Å². The number of imide groups is 1. The maximum absolute atomic E-state index is 12.3. The molecular weight excluding hydrogens is 320 g/mol. The summed E-state index contributed by atoms with van der Waals surface area (Å²) in [6, 6.07) is 8.60. The zero-order chi connectivity index (χ0) is 18.1. The standard InChI is InChI=1S/C18H16N4O3/c1-11-12(2)20-22(18(25)15(11)10-19)9-5-8-21-16(23)13-6-3-4-7-14(13)17(21)24/h3-4,6-7H,5,8-9H2,1-2H3. The summed E-state index contributed by atoms with van der Waals surface area (Å²) in [7, 11) is 0. The zero-order valence-electron chi connectivity index (χ0n) is 13.9. The molecule has 2 heterocycles. The number of hydrogen-bond donors (Lipinski definition) is 0. The minimum atomic E-state index is -0.451. The first-order valence-electron chi connectivity index (χ1n) is 7.89. The molecule has 0 aliphatic carbocycles. The Balaban J connectivity index is 1.74. The molecule has 1 aromatic heterocycles. The van der Waals surface area contributed by atoms with E-state index in [-0.39, 0.29) is 30.5 Å². The van der Waals surface area contributed by atoms with Crippen LogP contribution in [0, 0.1) is 25.2 Å². The Morgan fingerprint density at radius 1 is 1.04 bits per heavy atom. The van der Waals surface area contributed by atoms with Crippen molar-refractivity contribution in [1.82, 2.24) is 14.7 Å². The first kappa shape index (κ1) is 16.6. The maximum Gasteiger partial charge on any atom is 0.284 e. The lowest BCUT2D eigenvalue weighted by Crippen LogP contribution is -2.33. The Hall–Kier alpha value is -3.27. The van der Waals surface area contributed by atoms with Crippen molar-refractivity contribution in [2.45, 2.75) is 26.8 Å². The molecule has 7 nitrogen and oxygen atoms in total. The summed E-state index contributed by atoms with van der Waals surface area (Å²) in [5.41, 5.74) is 1.61. The third-order valence-corrected chi connectivity index (χ3v) is 4.38. The van der Waals surface area contributed by atoms with Crippen molar-refractivity contribution in [3.63, 3.8) is 0 Å². The smallest absolute Gasteiger partial charge is 0.274 e. The zero-order valence-corrected chi connectivity index (χ0v) is 13.9. The highest BCUT2D eigenvalue weighted by atomic mass is 16.2. The van der Waals surface area contributed by atoms with Crippen LogP contribution in [0.25, 0.3) is 0 Å². The van der Waals surface area contributed by atoms with Crippen LogP contribution in [0.3, 0.4) is 0 Å². The molecule has 0 unspecified atom stereocenters. The number of benzene rings is 1. The highest BCUT2D eigenvalue weighted by Gasteiger charge is 2.34. The van der Waals surface area contributed by atoms with E-state index in [4.69, 9.17) is 5.26 Å². The predicted octanol–water partition coefficient (Wildman–Crippen LogP) is 1.42. The molecule has 0 saturated carbocycles. The van der Waals surface area contributed by atoms with Gasteiger partial charge in [-0.15, -0.1) is 0 Å². The van der Waals surface area contributed by atoms with Crippen molar-refractivity contribution in [2.75, 3.05) is 6.54 Å². The Kier molecular flexibility index (Phi) is 4.19. The maximum atomic E-state index is 12.3. The van der Waals surface area contributed by atoms with Crippen molar-refractivity contribution < 1.29 is 9.59 Å². The SMILES string of the molecule is Cc1nn(CCCN2C(=O)c3ccccc3C2=O)c(=O)c(C#N)c1C. The molecule has 0 N–H and O–H groups in total. The Morgan fingerprint density at radius 2 is 1.64 bits per heavy atom. The highest BCUT2D eigenvalue weighted by molar-refractivity contribution is 6.21. The summed E-state index contributed by atoms with van der Waals surface area (Å²) in [6.07, 6.45) is 0.381. The highest BCUT2D eigenvalue weighted by Crippen LogP contribution is 2.22. The van der Waals surface area contributed by atoms with E-state index < -0.39 is 5.56 Å². The van der Waals surface area contributed by atoms with Crippen molar-refractivity contribution in [1.29, 1.82) is 5.26 Å². The summed E-state index contributed by atoms with van der Waals surface area (Å²) in [6.45, 7) is 3.83. The third kappa shape index (κ3) is 2.72. The van der Waals surface area contributed by atoms with Crippen LogP contribution in [0.4, 0.5) is 0 Å². The van der Waals surface area contributed by atoms with E-state index in [9.17, 15) is 14.4 Å². The van der Waals surface area contributed by atoms with E-state index in [0.29, 0.717) is 28.8 Å². The molecule has 126 valence electrons. The number of carbonyl (C=O) groups is 2. The van der Waals surface area contributed by atoms with Gasteiger partial charge in [-0.2, -0.15) is 10.4 Å². The Bertz CT molecular complexity index is 950. The summed E-state index contributed by atoms with van der Waals surface area (Å²) < 4.78 is 1.22. The van der Waals surface area contributed by atoms with Gasteiger partial charge in [-0.1, -0.05) is 12.1 Å². The number of hydrogen-bond acceptors (Lipinski definition) is 5. The van der Waals surface area contributed by atoms with Gasteiger partial charge in [0, 0.05) is 13.1 Å². The molecular formula is C18H16N4O3. The summed E-state index contributed by atoms with van der Waals surface area (Å²) in [4.78, 5) is 38.0. The Labute approximate surface area is 144 Å². The minimum absolute atomic E-state index is 0.0771. The third-order valence-electron chi connectivity index (χ3n) is 4.38. The van der Waals surface area contributed by atoms with E-state index in [1.165, 1.54) is 9.58 Å². The summed E-state index contributed by atoms with van der Waals surface area (Å²) in [5, 5.41) is 13.3. The number of amides is 2. The second-order valence-corrected chi connectivity index (χ2v) is 5.89. The molecule has 1 aliphatic rings. The van der Waals surface area contributed by atoms with Gasteiger partial charge in [-0.05, 0) is 38.0 Å². The average Bonchev–Trinajstić information content (AvgIpc) is 2.85. The van der Waals surface area contributed by atoms with E-state index in [1.807, 2.05) is 6.07 Å². The fourth-order valence-corrected chi connectivity index (χ4v) is 2.88. The van der Waals surface area contributed by atoms with Crippen molar-refractivity contribution in [3.8, 4) is 6.07 Å². The van der Waals surface area contributed by atoms with Gasteiger partial charge in [0.2, 0.25) is 0 Å². The molecule has 1 aromatic carbocycles. The quantitative estimate of drug-likeness (QED) is 0.787. The van der Waals surface area contributed by atoms with Gasteiger partial charge < -0.3 is 0 Å². The molecule has 3 rings (SSSR count). The van der Waals surface area contributed by atoms with Crippen LogP contribution in [0.15, 0.2) is 29.1 Å². The second-order valence-electron chi connectivity index (χ2n) is 5.89. The summed E-state index contributed by atoms with van der Waals surface area (Å²) >= 11 is 0. The minimum Gasteiger partial charge on any atom is -0.274 e. The largest absolute Gasteiger partial charge is 0.284 e. The fraction of sp³-hybridized carbons (Fsp3) is 0.278. The van der Waals surface area contributed by atoms with Crippen LogP contribution in [0.1, 0.15) is 44.0 Å². The fourth-order valence-electron chi connectivity index (χ4n) is 2.88. The van der Waals surface area contributed by atoms with Gasteiger partial charge in [0.1, 0.15) is 11.6 Å². The number of nitrogens with zero attached hydrogens (tertiary/aromatic N) is 4. The number of aromatic nitrogens is 2. The number of nitriles is 1. The van der Waals surface area contributed by atoms with Crippen molar-refractivity contribution >= 4 is 11.8 Å². The molecule has 25 heavy (non-hydrogen) atoms. The lowest BCUT2D eigenvalue weighted by molar-refractivity contribution is 0.0650. The van der Waals surface area contributed by atoms with Crippen LogP contribution in [0.2, 0.25) is 0 Å². The lowest BCUT2D eigenvalue weighted by atomic mass is 10.1. The molecule has 0 saturated heterocycles. The molecule has 1 aliphatic heterocycles. The topological polar surface area (TPSA) is 96.1 Å². The lowest BCUT2D eigenvalue weighted by Gasteiger charge is -2.14. The van der Waals surface area contributed by atoms with Crippen molar-refractivity contribution in [2.24, 2.45) is 0 Å². The number of carbonyl (C=O) groups excluding carboxylic acids is 2. The molecule has 0 atom stereocenters. The van der Waals surface area contributed by atoms with Gasteiger partial charge in [0.05, 0.1) is 16.8 Å². The van der Waals surface area contributed by atoms with Gasteiger partial charge in [-0.25, -0.2) is 4.68 Å². The van der Waals surface area contributed by atoms with Gasteiger partial charge in [0.25, 0.3) is 17.4 Å². The van der Waals surface area contributed by atoms with Gasteiger partial charge in [0.15, 0.2) is 0 Å². The van der Waals surface area contributed by atoms with Crippen LogP contribution >= 0.6 is 0 Å². The number of aryl methyl sites for hydroxylation is 2. The molecule has 0 radical (unpaired) electrons. The first-order chi connectivity index (χ1) is 12.0. The van der Waals surface area contributed by atoms with E-state index >= 15 is 0 Å². The first-order valence-corrected chi connectivity index (χ1v) is 7.89. The van der Waals surface area contributed by atoms with Gasteiger partial charge >= 0.3 is 0 Å². The van der Waals surface area contributed by atoms with Crippen molar-refractivity contribution in [3.05, 3.63) is 62.6 Å². The van der Waals surface area contributed by atoms with E-state index in [1.54, 1.807) is 38.1 Å². The molecule has 0 bridgehead atoms. The molecule has 0 fully saturated rings. The second kappa shape index (κ2) is 6.32. The number of rotatable bonds is 4. The van der Waals surface area contributed by atoms with E-state index in [0.717, 1.165) is 0 Å². The normalized spacial score (nSPS) is 13.1. The monoisotopic (exact) mass is 336 g/mol. The van der Waals surface area contributed by atoms with E-state index in [2.05, 4.69) is 5.10 Å². The van der Waals surface area contributed by atoms with Crippen LogP contribution in [-0.4, -0.2) is 33.0 Å². The average molecular weight is 336 g/mol. The molecule has 7 heteroatoms. The number of fused-ring (bicyclic) bond motifs is 1. The van der Waals surface area contributed by atoms with Crippen LogP contribution in [0.5, 0.6) is 0 Å². The molecule has 2 aromatic rings. The molecule has 0 spiro atoms. The summed E-state index contributed by atoms with van der Waals surface area (Å²) in [5.74, 6) is -0.641. The van der Waals surface area contributed by atoms with Crippen LogP contribution < -0.4 is 5.56 Å². The molecule has 2 amide bonds.